The molecule has 1 saturated carbocycles. The van der Waals surface area contributed by atoms with E-state index in [1.807, 2.05) is 0 Å². The van der Waals surface area contributed by atoms with Crippen LogP contribution in [0.3, 0.4) is 0 Å². The van der Waals surface area contributed by atoms with Gasteiger partial charge < -0.3 is 4.74 Å². The first-order valence-electron chi connectivity index (χ1n) is 7.70. The Morgan fingerprint density at radius 3 is 2.84 bits per heavy atom. The van der Waals surface area contributed by atoms with E-state index in [2.05, 4.69) is 24.3 Å². The van der Waals surface area contributed by atoms with Gasteiger partial charge in [0.1, 0.15) is 5.75 Å². The number of rotatable bonds is 2. The molecule has 104 valence electrons. The lowest BCUT2D eigenvalue weighted by atomic mass is 9.82. The first-order valence-corrected chi connectivity index (χ1v) is 8.14. The van der Waals surface area contributed by atoms with Crippen LogP contribution in [0, 0.1) is 5.92 Å². The Morgan fingerprint density at radius 1 is 1.05 bits per heavy atom. The van der Waals surface area contributed by atoms with Crippen LogP contribution in [-0.2, 0) is 0 Å². The largest absolute Gasteiger partial charge is 0.493 e. The Labute approximate surface area is 121 Å². The molecule has 1 aromatic carbocycles. The molecular formula is C17H23ClO. The van der Waals surface area contributed by atoms with Crippen LogP contribution in [0.4, 0.5) is 0 Å². The van der Waals surface area contributed by atoms with E-state index in [0.29, 0.717) is 17.2 Å². The van der Waals surface area contributed by atoms with Crippen LogP contribution in [0.15, 0.2) is 24.3 Å². The van der Waals surface area contributed by atoms with Crippen LogP contribution in [0.1, 0.15) is 56.4 Å². The van der Waals surface area contributed by atoms with E-state index < -0.39 is 0 Å². The minimum atomic E-state index is 0.387. The maximum Gasteiger partial charge on any atom is 0.122 e. The summed E-state index contributed by atoms with van der Waals surface area (Å²) in [5.74, 6) is 2.44. The van der Waals surface area contributed by atoms with Gasteiger partial charge in [-0.25, -0.2) is 0 Å². The molecule has 19 heavy (non-hydrogen) atoms. The van der Waals surface area contributed by atoms with Gasteiger partial charge >= 0.3 is 0 Å². The molecule has 0 radical (unpaired) electrons. The first-order chi connectivity index (χ1) is 9.34. The Balaban J connectivity index is 1.73. The molecule has 1 fully saturated rings. The monoisotopic (exact) mass is 278 g/mol. The molecule has 1 heterocycles. The third kappa shape index (κ3) is 3.08. The fourth-order valence-corrected chi connectivity index (χ4v) is 4.01. The highest BCUT2D eigenvalue weighted by Gasteiger charge is 2.28. The lowest BCUT2D eigenvalue weighted by molar-refractivity contribution is 0.248. The average molecular weight is 279 g/mol. The molecule has 1 aliphatic heterocycles. The quantitative estimate of drug-likeness (QED) is 0.538. The maximum absolute atomic E-state index is 6.60. The topological polar surface area (TPSA) is 9.23 Å². The molecule has 0 amide bonds. The lowest BCUT2D eigenvalue weighted by Gasteiger charge is -2.30. The van der Waals surface area contributed by atoms with Crippen molar-refractivity contribution in [2.24, 2.45) is 5.92 Å². The number of fused-ring (bicyclic) bond motifs is 1. The summed E-state index contributed by atoms with van der Waals surface area (Å²) in [7, 11) is 0. The van der Waals surface area contributed by atoms with E-state index in [4.69, 9.17) is 16.3 Å². The van der Waals surface area contributed by atoms with E-state index in [-0.39, 0.29) is 0 Å². The maximum atomic E-state index is 6.60. The predicted molar refractivity (Wildman–Crippen MR) is 80.1 cm³/mol. The van der Waals surface area contributed by atoms with Gasteiger partial charge in [0.25, 0.3) is 0 Å². The van der Waals surface area contributed by atoms with Crippen LogP contribution in [0.5, 0.6) is 5.75 Å². The van der Waals surface area contributed by atoms with E-state index >= 15 is 0 Å². The normalized spacial score (nSPS) is 31.1. The number of alkyl halides is 1. The van der Waals surface area contributed by atoms with Crippen molar-refractivity contribution in [2.75, 3.05) is 6.61 Å². The number of ether oxygens (including phenoxy) is 1. The zero-order valence-electron chi connectivity index (χ0n) is 11.5. The van der Waals surface area contributed by atoms with Crippen molar-refractivity contribution in [3.63, 3.8) is 0 Å². The van der Waals surface area contributed by atoms with Crippen LogP contribution in [-0.4, -0.2) is 12.0 Å². The molecule has 3 rings (SSSR count). The second-order valence-electron chi connectivity index (χ2n) is 6.02. The van der Waals surface area contributed by atoms with Crippen LogP contribution < -0.4 is 4.74 Å². The van der Waals surface area contributed by atoms with E-state index in [9.17, 15) is 0 Å². The van der Waals surface area contributed by atoms with Crippen LogP contribution in [0.2, 0.25) is 0 Å². The standard InChI is InChI=1S/C17H23ClO/c18-16-8-3-1-2-6-14(16)12-13-10-11-19-17-9-5-4-7-15(13)17/h4-5,7,9,13-14,16H,1-3,6,8,10-12H2. The first kappa shape index (κ1) is 13.3. The van der Waals surface area contributed by atoms with E-state index in [1.165, 1.54) is 44.1 Å². The summed E-state index contributed by atoms with van der Waals surface area (Å²) < 4.78 is 5.76. The predicted octanol–water partition coefficient (Wildman–Crippen LogP) is 5.13. The number of hydrogen-bond donors (Lipinski definition) is 0. The zero-order valence-corrected chi connectivity index (χ0v) is 12.2. The van der Waals surface area contributed by atoms with Crippen molar-refractivity contribution in [2.45, 2.75) is 56.2 Å². The fourth-order valence-electron chi connectivity index (χ4n) is 3.63. The van der Waals surface area contributed by atoms with Gasteiger partial charge in [0.2, 0.25) is 0 Å². The number of halogens is 1. The van der Waals surface area contributed by atoms with Gasteiger partial charge in [-0.05, 0) is 49.1 Å². The molecule has 1 aliphatic carbocycles. The van der Waals surface area contributed by atoms with Crippen molar-refractivity contribution < 1.29 is 4.74 Å². The molecule has 2 heteroatoms. The summed E-state index contributed by atoms with van der Waals surface area (Å²) in [6.45, 7) is 0.862. The van der Waals surface area contributed by atoms with E-state index in [1.54, 1.807) is 0 Å². The van der Waals surface area contributed by atoms with Gasteiger partial charge in [0.15, 0.2) is 0 Å². The molecule has 1 nitrogen and oxygen atoms in total. The van der Waals surface area contributed by atoms with Gasteiger partial charge in [0, 0.05) is 5.38 Å². The molecule has 0 N–H and O–H groups in total. The van der Waals surface area contributed by atoms with Gasteiger partial charge in [-0.1, -0.05) is 37.5 Å². The van der Waals surface area contributed by atoms with Gasteiger partial charge in [-0.2, -0.15) is 0 Å². The molecule has 0 aromatic heterocycles. The van der Waals surface area contributed by atoms with Crippen molar-refractivity contribution in [3.8, 4) is 5.75 Å². The molecule has 0 spiro atoms. The summed E-state index contributed by atoms with van der Waals surface area (Å²) >= 11 is 6.60. The highest BCUT2D eigenvalue weighted by atomic mass is 35.5. The summed E-state index contributed by atoms with van der Waals surface area (Å²) in [6.07, 6.45) is 8.95. The number of para-hydroxylation sites is 1. The molecular weight excluding hydrogens is 256 g/mol. The second-order valence-corrected chi connectivity index (χ2v) is 6.58. The van der Waals surface area contributed by atoms with E-state index in [0.717, 1.165) is 18.8 Å². The van der Waals surface area contributed by atoms with Gasteiger partial charge in [-0.3, -0.25) is 0 Å². The molecule has 1 aromatic rings. The van der Waals surface area contributed by atoms with Crippen LogP contribution in [0.25, 0.3) is 0 Å². The summed E-state index contributed by atoms with van der Waals surface area (Å²) in [5.41, 5.74) is 1.40. The summed E-state index contributed by atoms with van der Waals surface area (Å²) in [6, 6.07) is 8.54. The van der Waals surface area contributed by atoms with Crippen molar-refractivity contribution in [1.82, 2.24) is 0 Å². The minimum Gasteiger partial charge on any atom is -0.493 e. The molecule has 2 aliphatic rings. The second kappa shape index (κ2) is 6.17. The van der Waals surface area contributed by atoms with Gasteiger partial charge in [-0.15, -0.1) is 11.6 Å². The Bertz CT molecular complexity index is 417. The third-order valence-corrected chi connectivity index (χ3v) is 5.31. The molecule has 0 bridgehead atoms. The zero-order chi connectivity index (χ0) is 13.1. The molecule has 0 saturated heterocycles. The highest BCUT2D eigenvalue weighted by Crippen LogP contribution is 2.41. The Kier molecular flexibility index (Phi) is 4.32. The number of hydrogen-bond acceptors (Lipinski definition) is 1. The lowest BCUT2D eigenvalue weighted by Crippen LogP contribution is -2.21. The Morgan fingerprint density at radius 2 is 1.89 bits per heavy atom. The van der Waals surface area contributed by atoms with Crippen molar-refractivity contribution >= 4 is 11.6 Å². The third-order valence-electron chi connectivity index (χ3n) is 4.74. The van der Waals surface area contributed by atoms with Crippen molar-refractivity contribution in [1.29, 1.82) is 0 Å². The van der Waals surface area contributed by atoms with Crippen molar-refractivity contribution in [3.05, 3.63) is 29.8 Å². The fraction of sp³-hybridized carbons (Fsp3) is 0.647. The average Bonchev–Trinajstić information content (AvgIpc) is 2.65. The molecule has 3 atom stereocenters. The summed E-state index contributed by atoms with van der Waals surface area (Å²) in [5, 5.41) is 0.387. The smallest absolute Gasteiger partial charge is 0.122 e. The summed E-state index contributed by atoms with van der Waals surface area (Å²) in [4.78, 5) is 0. The molecule has 3 unspecified atom stereocenters. The van der Waals surface area contributed by atoms with Crippen LogP contribution >= 0.6 is 11.6 Å². The number of benzene rings is 1. The SMILES string of the molecule is ClC1CCCCCC1CC1CCOc2ccccc21. The van der Waals surface area contributed by atoms with Gasteiger partial charge in [0.05, 0.1) is 6.61 Å². The highest BCUT2D eigenvalue weighted by molar-refractivity contribution is 6.20. The minimum absolute atomic E-state index is 0.387. The Hall–Kier alpha value is -0.690.